The lowest BCUT2D eigenvalue weighted by Crippen LogP contribution is -2.23. The van der Waals surface area contributed by atoms with Crippen LogP contribution in [0, 0.1) is 0 Å². The van der Waals surface area contributed by atoms with Crippen molar-refractivity contribution in [3.8, 4) is 0 Å². The maximum Gasteiger partial charge on any atom is 0.262 e. The van der Waals surface area contributed by atoms with E-state index in [1.165, 1.54) is 11.8 Å². The van der Waals surface area contributed by atoms with Gasteiger partial charge in [0.05, 0.1) is 27.1 Å². The van der Waals surface area contributed by atoms with E-state index < -0.39 is 0 Å². The molecule has 0 bridgehead atoms. The third-order valence-electron chi connectivity index (χ3n) is 5.22. The molecule has 0 aliphatic carbocycles. The van der Waals surface area contributed by atoms with Crippen LogP contribution in [0.15, 0.2) is 63.3 Å². The number of aromatic nitrogens is 6. The molecule has 0 aliphatic rings. The maximum absolute atomic E-state index is 13.0. The van der Waals surface area contributed by atoms with Gasteiger partial charge >= 0.3 is 0 Å². The van der Waals surface area contributed by atoms with E-state index >= 15 is 0 Å². The fraction of sp³-hybridized carbons (Fsp3) is 0.227. The fourth-order valence-electron chi connectivity index (χ4n) is 3.75. The molecule has 2 aromatic carbocycles. The topological polar surface area (TPSA) is 97.9 Å². The minimum atomic E-state index is -0.185. The summed E-state index contributed by atoms with van der Waals surface area (Å²) in [5.74, 6) is 1.08. The molecule has 0 fully saturated rings. The quantitative estimate of drug-likeness (QED) is 0.427. The lowest BCUT2D eigenvalue weighted by atomic mass is 10.2. The first kappa shape index (κ1) is 19.5. The van der Waals surface area contributed by atoms with E-state index in [0.29, 0.717) is 39.6 Å². The summed E-state index contributed by atoms with van der Waals surface area (Å²) < 4.78 is 3.58. The number of nitrogens with one attached hydrogen (secondary N) is 1. The van der Waals surface area contributed by atoms with E-state index in [1.807, 2.05) is 60.7 Å². The zero-order chi connectivity index (χ0) is 21.5. The molecule has 156 valence electrons. The van der Waals surface area contributed by atoms with E-state index in [1.54, 1.807) is 10.6 Å². The molecule has 1 atom stereocenters. The van der Waals surface area contributed by atoms with Crippen LogP contribution in [-0.4, -0.2) is 29.1 Å². The molecule has 0 saturated heterocycles. The van der Waals surface area contributed by atoms with Crippen LogP contribution in [0.4, 0.5) is 0 Å². The number of fused-ring (bicyclic) bond motifs is 4. The number of rotatable bonds is 5. The van der Waals surface area contributed by atoms with Gasteiger partial charge in [-0.25, -0.2) is 4.98 Å². The normalized spacial score (nSPS) is 12.7. The van der Waals surface area contributed by atoms with Gasteiger partial charge in [-0.2, -0.15) is 0 Å². The van der Waals surface area contributed by atoms with Crippen LogP contribution in [0.1, 0.15) is 31.3 Å². The minimum absolute atomic E-state index is 0.0672. The second-order valence-electron chi connectivity index (χ2n) is 7.32. The first-order chi connectivity index (χ1) is 15.1. The van der Waals surface area contributed by atoms with Gasteiger partial charge in [0.1, 0.15) is 5.82 Å². The third kappa shape index (κ3) is 3.21. The number of para-hydroxylation sites is 2. The Balaban J connectivity index is 1.65. The molecule has 1 unspecified atom stereocenters. The first-order valence-electron chi connectivity index (χ1n) is 10.1. The Morgan fingerprint density at radius 3 is 2.58 bits per heavy atom. The average molecular weight is 433 g/mol. The molecule has 5 aromatic rings. The van der Waals surface area contributed by atoms with Crippen LogP contribution in [-0.2, 0) is 6.54 Å². The van der Waals surface area contributed by atoms with Gasteiger partial charge in [-0.05, 0) is 37.6 Å². The Kier molecular flexibility index (Phi) is 4.82. The van der Waals surface area contributed by atoms with E-state index in [9.17, 15) is 9.59 Å². The highest BCUT2D eigenvalue weighted by molar-refractivity contribution is 7.99. The Morgan fingerprint density at radius 1 is 1.03 bits per heavy atom. The zero-order valence-corrected chi connectivity index (χ0v) is 17.9. The van der Waals surface area contributed by atoms with Crippen LogP contribution in [0.5, 0.6) is 0 Å². The van der Waals surface area contributed by atoms with E-state index in [2.05, 4.69) is 20.2 Å². The lowest BCUT2D eigenvalue weighted by Gasteiger charge is -2.12. The standard InChI is InChI=1S/C22H20N6O2S/c1-3-12-27-20(30)15-9-5-7-11-17(15)28-21(27)25-26-22(28)31-13(2)18-23-16-10-6-4-8-14(16)19(29)24-18/h4-11,13H,3,12H2,1-2H3,(H,23,24,29). The van der Waals surface area contributed by atoms with Crippen molar-refractivity contribution < 1.29 is 0 Å². The van der Waals surface area contributed by atoms with Gasteiger partial charge in [0.15, 0.2) is 5.16 Å². The second-order valence-corrected chi connectivity index (χ2v) is 8.63. The van der Waals surface area contributed by atoms with Gasteiger partial charge in [0.2, 0.25) is 5.78 Å². The molecule has 1 N–H and O–H groups in total. The summed E-state index contributed by atoms with van der Waals surface area (Å²) in [4.78, 5) is 33.0. The molecule has 0 aliphatic heterocycles. The highest BCUT2D eigenvalue weighted by Gasteiger charge is 2.20. The molecule has 31 heavy (non-hydrogen) atoms. The number of H-pyrrole nitrogens is 1. The second kappa shape index (κ2) is 7.66. The number of aryl methyl sites for hydroxylation is 1. The van der Waals surface area contributed by atoms with Crippen molar-refractivity contribution in [2.75, 3.05) is 0 Å². The van der Waals surface area contributed by atoms with Gasteiger partial charge in [-0.1, -0.05) is 43.0 Å². The molecule has 9 heteroatoms. The maximum atomic E-state index is 13.0. The van der Waals surface area contributed by atoms with Gasteiger partial charge in [0, 0.05) is 6.54 Å². The van der Waals surface area contributed by atoms with Crippen molar-refractivity contribution in [2.24, 2.45) is 0 Å². The number of hydrogen-bond donors (Lipinski definition) is 1. The smallest absolute Gasteiger partial charge is 0.262 e. The summed E-state index contributed by atoms with van der Waals surface area (Å²) >= 11 is 1.44. The molecule has 3 heterocycles. The number of benzene rings is 2. The summed E-state index contributed by atoms with van der Waals surface area (Å²) in [6.07, 6.45) is 0.807. The molecule has 0 spiro atoms. The molecule has 0 radical (unpaired) electrons. The first-order valence-corrected chi connectivity index (χ1v) is 11.0. The number of nitrogens with zero attached hydrogens (tertiary/aromatic N) is 5. The van der Waals surface area contributed by atoms with Crippen molar-refractivity contribution >= 4 is 39.3 Å². The minimum Gasteiger partial charge on any atom is -0.309 e. The summed E-state index contributed by atoms with van der Waals surface area (Å²) in [6.45, 7) is 4.54. The highest BCUT2D eigenvalue weighted by atomic mass is 32.2. The number of aromatic amines is 1. The largest absolute Gasteiger partial charge is 0.309 e. The molecule has 0 amide bonds. The molecule has 8 nitrogen and oxygen atoms in total. The Labute approximate surface area is 181 Å². The molecular formula is C22H20N6O2S. The van der Waals surface area contributed by atoms with Crippen molar-refractivity contribution in [1.82, 2.24) is 29.1 Å². The molecule has 0 saturated carbocycles. The van der Waals surface area contributed by atoms with Crippen LogP contribution in [0.2, 0.25) is 0 Å². The molecular weight excluding hydrogens is 412 g/mol. The lowest BCUT2D eigenvalue weighted by molar-refractivity contribution is 0.662. The van der Waals surface area contributed by atoms with Gasteiger partial charge in [-0.3, -0.25) is 18.6 Å². The monoisotopic (exact) mass is 432 g/mol. The SMILES string of the molecule is CCCn1c(=O)c2ccccc2n2c(SC(C)c3nc4ccccc4c(=O)[nH]3)nnc12. The molecule has 3 aromatic heterocycles. The van der Waals surface area contributed by atoms with Crippen molar-refractivity contribution in [2.45, 2.75) is 37.2 Å². The van der Waals surface area contributed by atoms with Crippen molar-refractivity contribution in [3.63, 3.8) is 0 Å². The predicted octanol–water partition coefficient (Wildman–Crippen LogP) is 3.54. The average Bonchev–Trinajstić information content (AvgIpc) is 3.20. The summed E-state index contributed by atoms with van der Waals surface area (Å²) in [7, 11) is 0. The van der Waals surface area contributed by atoms with Gasteiger partial charge in [-0.15, -0.1) is 10.2 Å². The van der Waals surface area contributed by atoms with Gasteiger partial charge in [0.25, 0.3) is 11.1 Å². The van der Waals surface area contributed by atoms with Gasteiger partial charge < -0.3 is 4.98 Å². The van der Waals surface area contributed by atoms with Crippen LogP contribution < -0.4 is 11.1 Å². The van der Waals surface area contributed by atoms with Crippen molar-refractivity contribution in [1.29, 1.82) is 0 Å². The van der Waals surface area contributed by atoms with Crippen LogP contribution in [0.25, 0.3) is 27.6 Å². The summed E-state index contributed by atoms with van der Waals surface area (Å²) in [6, 6.07) is 14.7. The summed E-state index contributed by atoms with van der Waals surface area (Å²) in [5, 5.41) is 10.3. The Morgan fingerprint density at radius 2 is 1.77 bits per heavy atom. The fourth-order valence-corrected chi connectivity index (χ4v) is 4.66. The highest BCUT2D eigenvalue weighted by Crippen LogP contribution is 2.33. The van der Waals surface area contributed by atoms with E-state index in [4.69, 9.17) is 0 Å². The van der Waals surface area contributed by atoms with Crippen LogP contribution in [0.3, 0.4) is 0 Å². The Bertz CT molecular complexity index is 1550. The predicted molar refractivity (Wildman–Crippen MR) is 122 cm³/mol. The van der Waals surface area contributed by atoms with Crippen molar-refractivity contribution in [3.05, 3.63) is 75.1 Å². The van der Waals surface area contributed by atoms with Crippen LogP contribution >= 0.6 is 11.8 Å². The molecule has 5 rings (SSSR count). The third-order valence-corrected chi connectivity index (χ3v) is 6.28. The number of hydrogen-bond acceptors (Lipinski definition) is 6. The summed E-state index contributed by atoms with van der Waals surface area (Å²) in [5.41, 5.74) is 1.18. The zero-order valence-electron chi connectivity index (χ0n) is 17.1. The van der Waals surface area contributed by atoms with E-state index in [0.717, 1.165) is 11.9 Å². The van der Waals surface area contributed by atoms with E-state index in [-0.39, 0.29) is 16.4 Å². The Hall–Kier alpha value is -3.46. The number of thioether (sulfide) groups is 1.